The van der Waals surface area contributed by atoms with Crippen molar-refractivity contribution >= 4 is 11.6 Å². The average molecular weight is 170 g/mol. The van der Waals surface area contributed by atoms with Crippen molar-refractivity contribution in [3.63, 3.8) is 0 Å². The molecule has 0 aromatic heterocycles. The predicted molar refractivity (Wildman–Crippen MR) is 40.6 cm³/mol. The van der Waals surface area contributed by atoms with Gasteiger partial charge < -0.3 is 0 Å². The van der Waals surface area contributed by atoms with Crippen molar-refractivity contribution < 1.29 is 4.39 Å². The first-order valence-electron chi connectivity index (χ1n) is 3.03. The van der Waals surface area contributed by atoms with Gasteiger partial charge >= 0.3 is 0 Å². The minimum Gasteiger partial charge on any atom is -0.207 e. The summed E-state index contributed by atoms with van der Waals surface area (Å²) in [5.74, 6) is -0.324. The molecule has 0 aliphatic heterocycles. The van der Waals surface area contributed by atoms with E-state index in [1.807, 2.05) is 6.07 Å². The van der Waals surface area contributed by atoms with E-state index in [2.05, 4.69) is 0 Å². The fourth-order valence-corrected chi connectivity index (χ4v) is 0.852. The molecule has 3 heteroatoms. The zero-order valence-corrected chi connectivity index (χ0v) is 6.35. The number of halogens is 2. The van der Waals surface area contributed by atoms with Crippen LogP contribution in [0.3, 0.4) is 0 Å². The maximum absolute atomic E-state index is 12.3. The van der Waals surface area contributed by atoms with Gasteiger partial charge in [0.05, 0.1) is 6.07 Å². The molecule has 1 aromatic carbocycles. The monoisotopic (exact) mass is 169 g/mol. The summed E-state index contributed by atoms with van der Waals surface area (Å²) < 4.78 is 12.3. The van der Waals surface area contributed by atoms with E-state index >= 15 is 0 Å². The van der Waals surface area contributed by atoms with Crippen LogP contribution in [0.25, 0.3) is 0 Å². The van der Waals surface area contributed by atoms with Crippen molar-refractivity contribution in [3.8, 4) is 6.07 Å². The van der Waals surface area contributed by atoms with Gasteiger partial charge in [-0.2, -0.15) is 5.26 Å². The lowest BCUT2D eigenvalue weighted by molar-refractivity contribution is 0.627. The molecule has 0 bridgehead atoms. The predicted octanol–water partition coefficient (Wildman–Crippen LogP) is 2.63. The zero-order valence-electron chi connectivity index (χ0n) is 5.59. The number of hydrogen-bond donors (Lipinski definition) is 0. The Bertz CT molecular complexity index is 275. The summed E-state index contributed by atoms with van der Waals surface area (Å²) in [6.07, 6.45) is 0. The summed E-state index contributed by atoms with van der Waals surface area (Å²) >= 11 is 5.56. The zero-order chi connectivity index (χ0) is 8.27. The molecule has 1 rings (SSSR count). The Morgan fingerprint density at radius 3 is 2.36 bits per heavy atom. The summed E-state index contributed by atoms with van der Waals surface area (Å²) in [7, 11) is 0. The van der Waals surface area contributed by atoms with Gasteiger partial charge in [-0.25, -0.2) is 4.39 Å². The highest BCUT2D eigenvalue weighted by Crippen LogP contribution is 2.18. The molecular formula is C8H5ClFN. The molecule has 56 valence electrons. The van der Waals surface area contributed by atoms with Crippen LogP contribution in [0.2, 0.25) is 0 Å². The number of nitrogens with zero attached hydrogens (tertiary/aromatic N) is 1. The van der Waals surface area contributed by atoms with Gasteiger partial charge in [0.2, 0.25) is 0 Å². The van der Waals surface area contributed by atoms with Gasteiger partial charge in [-0.3, -0.25) is 0 Å². The smallest absolute Gasteiger partial charge is 0.145 e. The molecule has 0 N–H and O–H groups in total. The van der Waals surface area contributed by atoms with E-state index in [0.29, 0.717) is 5.56 Å². The minimum atomic E-state index is -0.685. The van der Waals surface area contributed by atoms with Gasteiger partial charge in [0.25, 0.3) is 0 Å². The van der Waals surface area contributed by atoms with Gasteiger partial charge in [-0.1, -0.05) is 12.1 Å². The van der Waals surface area contributed by atoms with Crippen molar-refractivity contribution in [2.24, 2.45) is 0 Å². The van der Waals surface area contributed by atoms with E-state index in [1.54, 1.807) is 0 Å². The fourth-order valence-electron chi connectivity index (χ4n) is 0.706. The Kier molecular flexibility index (Phi) is 2.45. The molecule has 0 saturated carbocycles. The first-order chi connectivity index (χ1) is 5.24. The number of rotatable bonds is 1. The molecule has 1 nitrogen and oxygen atoms in total. The highest BCUT2D eigenvalue weighted by molar-refractivity contribution is 6.22. The number of alkyl halides is 1. The van der Waals surface area contributed by atoms with Crippen LogP contribution in [0.15, 0.2) is 24.3 Å². The maximum Gasteiger partial charge on any atom is 0.145 e. The first-order valence-corrected chi connectivity index (χ1v) is 3.47. The van der Waals surface area contributed by atoms with E-state index in [4.69, 9.17) is 16.9 Å². The van der Waals surface area contributed by atoms with Crippen LogP contribution in [-0.4, -0.2) is 0 Å². The van der Waals surface area contributed by atoms with Crippen molar-refractivity contribution in [1.82, 2.24) is 0 Å². The molecule has 0 unspecified atom stereocenters. The lowest BCUT2D eigenvalue weighted by Crippen LogP contribution is -1.85. The maximum atomic E-state index is 12.3. The second kappa shape index (κ2) is 3.36. The van der Waals surface area contributed by atoms with Gasteiger partial charge in [-0.15, -0.1) is 11.6 Å². The molecule has 0 spiro atoms. The van der Waals surface area contributed by atoms with Crippen molar-refractivity contribution in [2.75, 3.05) is 0 Å². The summed E-state index contributed by atoms with van der Waals surface area (Å²) in [5, 5.41) is 7.70. The molecule has 0 fully saturated rings. The van der Waals surface area contributed by atoms with E-state index in [9.17, 15) is 4.39 Å². The Balaban J connectivity index is 2.92. The Labute approximate surface area is 69.0 Å². The molecule has 0 aliphatic carbocycles. The average Bonchev–Trinajstić information content (AvgIpc) is 2.05. The molecule has 0 heterocycles. The third-order valence-electron chi connectivity index (χ3n) is 1.28. The summed E-state index contributed by atoms with van der Waals surface area (Å²) in [6.45, 7) is 0. The molecule has 0 radical (unpaired) electrons. The Morgan fingerprint density at radius 1 is 1.36 bits per heavy atom. The Hall–Kier alpha value is -1.07. The van der Waals surface area contributed by atoms with Gasteiger partial charge in [-0.05, 0) is 17.7 Å². The van der Waals surface area contributed by atoms with Gasteiger partial charge in [0.15, 0.2) is 0 Å². The van der Waals surface area contributed by atoms with Crippen molar-refractivity contribution in [1.29, 1.82) is 5.26 Å². The van der Waals surface area contributed by atoms with Crippen molar-refractivity contribution in [2.45, 2.75) is 5.38 Å². The highest BCUT2D eigenvalue weighted by atomic mass is 35.5. The lowest BCUT2D eigenvalue weighted by atomic mass is 10.2. The highest BCUT2D eigenvalue weighted by Gasteiger charge is 2.04. The standard InChI is InChI=1S/C8H5ClFN/c9-8(5-11)6-1-3-7(10)4-2-6/h1-4,8H/t8-/m1/s1. The second-order valence-corrected chi connectivity index (χ2v) is 2.48. The number of nitriles is 1. The van der Waals surface area contributed by atoms with Gasteiger partial charge in [0.1, 0.15) is 11.2 Å². The van der Waals surface area contributed by atoms with Crippen LogP contribution in [0.4, 0.5) is 4.39 Å². The van der Waals surface area contributed by atoms with Crippen LogP contribution >= 0.6 is 11.6 Å². The number of benzene rings is 1. The fraction of sp³-hybridized carbons (Fsp3) is 0.125. The molecule has 0 aliphatic rings. The van der Waals surface area contributed by atoms with Crippen molar-refractivity contribution in [3.05, 3.63) is 35.6 Å². The van der Waals surface area contributed by atoms with Crippen LogP contribution in [0.1, 0.15) is 10.9 Å². The first kappa shape index (κ1) is 8.03. The summed E-state index contributed by atoms with van der Waals surface area (Å²) in [5.41, 5.74) is 0.621. The third kappa shape index (κ3) is 1.92. The number of hydrogen-bond acceptors (Lipinski definition) is 1. The molecule has 11 heavy (non-hydrogen) atoms. The third-order valence-corrected chi connectivity index (χ3v) is 1.63. The second-order valence-electron chi connectivity index (χ2n) is 2.04. The van der Waals surface area contributed by atoms with Crippen LogP contribution < -0.4 is 0 Å². The Morgan fingerprint density at radius 2 is 1.91 bits per heavy atom. The molecule has 1 atom stereocenters. The van der Waals surface area contributed by atoms with E-state index in [-0.39, 0.29) is 5.82 Å². The molecular weight excluding hydrogens is 165 g/mol. The minimum absolute atomic E-state index is 0.324. The SMILES string of the molecule is N#C[C@@H](Cl)c1ccc(F)cc1. The molecule has 1 aromatic rings. The molecule has 0 amide bonds. The van der Waals surface area contributed by atoms with E-state index in [1.165, 1.54) is 24.3 Å². The van der Waals surface area contributed by atoms with Crippen LogP contribution in [-0.2, 0) is 0 Å². The topological polar surface area (TPSA) is 23.8 Å². The summed E-state index contributed by atoms with van der Waals surface area (Å²) in [6, 6.07) is 7.40. The largest absolute Gasteiger partial charge is 0.207 e. The normalized spacial score (nSPS) is 12.1. The van der Waals surface area contributed by atoms with Crippen LogP contribution in [0, 0.1) is 17.1 Å². The quantitative estimate of drug-likeness (QED) is 0.593. The van der Waals surface area contributed by atoms with Gasteiger partial charge in [0, 0.05) is 0 Å². The van der Waals surface area contributed by atoms with E-state index < -0.39 is 5.38 Å². The van der Waals surface area contributed by atoms with Crippen LogP contribution in [0.5, 0.6) is 0 Å². The lowest BCUT2D eigenvalue weighted by Gasteiger charge is -1.98. The summed E-state index contributed by atoms with van der Waals surface area (Å²) in [4.78, 5) is 0. The molecule has 0 saturated heterocycles. The van der Waals surface area contributed by atoms with E-state index in [0.717, 1.165) is 0 Å².